The number of halogens is 3. The second-order valence-electron chi connectivity index (χ2n) is 14.9. The molecule has 11 nitrogen and oxygen atoms in total. The van der Waals surface area contributed by atoms with Crippen molar-refractivity contribution in [2.75, 3.05) is 33.0 Å². The smallest absolute Gasteiger partial charge is 0.471 e. The van der Waals surface area contributed by atoms with Crippen LogP contribution in [0.5, 0.6) is 0 Å². The Balaban J connectivity index is 2.94. The van der Waals surface area contributed by atoms with Gasteiger partial charge in [-0.3, -0.25) is 0 Å². The van der Waals surface area contributed by atoms with Gasteiger partial charge in [0.2, 0.25) is 10.1 Å². The Morgan fingerprint density at radius 3 is 2.03 bits per heavy atom. The van der Waals surface area contributed by atoms with Gasteiger partial charge in [0.05, 0.1) is 12.4 Å². The Bertz CT molecular complexity index is 1090. The lowest BCUT2D eigenvalue weighted by Crippen LogP contribution is -2.65. The molecule has 1 heterocycles. The van der Waals surface area contributed by atoms with Crippen molar-refractivity contribution in [3.8, 4) is 0 Å². The maximum Gasteiger partial charge on any atom is 0.508 e. The molecule has 0 aromatic heterocycles. The average Bonchev–Trinajstić information content (AvgIpc) is 3.20. The molecule has 1 aliphatic heterocycles. The molecule has 2 N–H and O–H groups in total. The van der Waals surface area contributed by atoms with Crippen LogP contribution in [-0.4, -0.2) is 90.9 Å². The van der Waals surface area contributed by atoms with E-state index in [1.807, 2.05) is 0 Å². The highest BCUT2D eigenvalue weighted by Gasteiger charge is 2.48. The van der Waals surface area contributed by atoms with Crippen LogP contribution in [0.25, 0.3) is 0 Å². The maximum absolute atomic E-state index is 12.9. The van der Waals surface area contributed by atoms with E-state index in [2.05, 4.69) is 37.9 Å². The van der Waals surface area contributed by atoms with Crippen molar-refractivity contribution in [3.05, 3.63) is 37.1 Å². The van der Waals surface area contributed by atoms with Crippen LogP contribution < -0.4 is 5.32 Å². The number of hydrogen-bond acceptors (Lipinski definition) is 10. The Morgan fingerprint density at radius 1 is 0.810 bits per heavy atom. The molecule has 0 aromatic rings. The van der Waals surface area contributed by atoms with Crippen molar-refractivity contribution < 1.29 is 47.9 Å². The van der Waals surface area contributed by atoms with Crippen LogP contribution in [0.2, 0.25) is 0 Å². The van der Waals surface area contributed by atoms with Gasteiger partial charge in [-0.25, -0.2) is 9.59 Å². The van der Waals surface area contributed by atoms with E-state index in [1.54, 1.807) is 13.0 Å². The van der Waals surface area contributed by atoms with Crippen molar-refractivity contribution in [2.24, 2.45) is 0 Å². The molecule has 1 fully saturated rings. The first-order chi connectivity index (χ1) is 28.1. The quantitative estimate of drug-likeness (QED) is 0.0208. The third-order valence-electron chi connectivity index (χ3n) is 9.75. The molecule has 1 rings (SSSR count). The molecule has 14 heteroatoms. The van der Waals surface area contributed by atoms with Crippen LogP contribution in [0.4, 0.5) is 9.59 Å². The van der Waals surface area contributed by atoms with E-state index in [1.165, 1.54) is 102 Å². The van der Waals surface area contributed by atoms with Gasteiger partial charge in [0, 0.05) is 13.2 Å². The van der Waals surface area contributed by atoms with Gasteiger partial charge in [0.1, 0.15) is 44.2 Å². The van der Waals surface area contributed by atoms with Crippen LogP contribution >= 0.6 is 34.8 Å². The predicted octanol–water partition coefficient (Wildman–Crippen LogP) is 12.0. The number of allylic oxidation sites excluding steroid dienone is 3. The second-order valence-corrected chi connectivity index (χ2v) is 17.4. The molecular weight excluding hydrogens is 809 g/mol. The van der Waals surface area contributed by atoms with Gasteiger partial charge in [-0.2, -0.15) is 0 Å². The first kappa shape index (κ1) is 54.3. The molecule has 0 saturated carbocycles. The van der Waals surface area contributed by atoms with Crippen LogP contribution in [0.15, 0.2) is 37.1 Å². The maximum atomic E-state index is 12.9. The highest BCUT2D eigenvalue weighted by Crippen LogP contribution is 2.28. The molecule has 6 atom stereocenters. The number of aliphatic hydroxyl groups is 1. The zero-order chi connectivity index (χ0) is 42.7. The first-order valence-corrected chi connectivity index (χ1v) is 23.1. The molecule has 0 aromatic carbocycles. The minimum atomic E-state index is -1.84. The summed E-state index contributed by atoms with van der Waals surface area (Å²) in [5.41, 5.74) is 0. The third-order valence-corrected chi connectivity index (χ3v) is 10.1. The summed E-state index contributed by atoms with van der Waals surface area (Å²) in [6.07, 6.45) is 26.9. The monoisotopic (exact) mass is 883 g/mol. The number of alkyl carbamates (subject to hydrolysis) is 1. The number of carbonyl (C=O) groups is 2. The average molecular weight is 885 g/mol. The summed E-state index contributed by atoms with van der Waals surface area (Å²) in [5, 5.41) is 14.2. The van der Waals surface area contributed by atoms with E-state index >= 15 is 0 Å². The summed E-state index contributed by atoms with van der Waals surface area (Å²) in [6.45, 7) is 9.64. The van der Waals surface area contributed by atoms with Crippen LogP contribution in [0.3, 0.4) is 0 Å². The lowest BCUT2D eigenvalue weighted by Gasteiger charge is -2.43. The number of carbonyl (C=O) groups excluding carboxylic acids is 2. The third kappa shape index (κ3) is 28.7. The molecule has 58 heavy (non-hydrogen) atoms. The number of nitrogens with one attached hydrogen (secondary N) is 1. The number of aliphatic hydroxyl groups excluding tert-OH is 1. The van der Waals surface area contributed by atoms with Gasteiger partial charge >= 0.3 is 12.2 Å². The predicted molar refractivity (Wildman–Crippen MR) is 234 cm³/mol. The molecule has 1 amide bonds. The van der Waals surface area contributed by atoms with Crippen LogP contribution in [0, 0.1) is 0 Å². The molecule has 1 aliphatic rings. The highest BCUT2D eigenvalue weighted by atomic mass is 35.6. The van der Waals surface area contributed by atoms with Gasteiger partial charge < -0.3 is 43.6 Å². The number of unbranched alkanes of at least 4 members (excludes halogenated alkanes) is 16. The lowest BCUT2D eigenvalue weighted by molar-refractivity contribution is -0.264. The van der Waals surface area contributed by atoms with Gasteiger partial charge in [-0.15, -0.1) is 0 Å². The molecule has 0 unspecified atom stereocenters. The van der Waals surface area contributed by atoms with E-state index in [4.69, 9.17) is 68.0 Å². The zero-order valence-electron chi connectivity index (χ0n) is 35.7. The number of alkyl halides is 3. The Kier molecular flexibility index (Phi) is 33.7. The Labute approximate surface area is 365 Å². The standard InChI is InChI=1S/C44H76Cl3NO10/c1-5-9-11-13-15-17-18-19-21-23-25-27-32-52-36(28-26-24-22-20-16-14-12-10-6-2)29-33-53-40-38(48-42(50)57-35-44(45,46)47)41(54-30-7-3)58-37(39(40)49)34-56-43(51)55-31-8-4/h7-8,17-18,30,36-41,49H,4-6,9-16,19-29,31-35H2,1-3H3,(H,48,50)/b18-17-,30-7?/t36-,37-,38-,39-,40-,41-/m1/s1. The van der Waals surface area contributed by atoms with Crippen molar-refractivity contribution in [3.63, 3.8) is 0 Å². The van der Waals surface area contributed by atoms with Crippen LogP contribution in [-0.2, 0) is 33.2 Å². The second kappa shape index (κ2) is 36.0. The summed E-state index contributed by atoms with van der Waals surface area (Å²) >= 11 is 17.4. The molecule has 0 bridgehead atoms. The van der Waals surface area contributed by atoms with Crippen LogP contribution in [0.1, 0.15) is 156 Å². The van der Waals surface area contributed by atoms with E-state index in [0.29, 0.717) is 13.0 Å². The Hall–Kier alpha value is -1.73. The first-order valence-electron chi connectivity index (χ1n) is 21.9. The van der Waals surface area contributed by atoms with Gasteiger partial charge in [-0.05, 0) is 51.9 Å². The SMILES string of the molecule is C=CCOC(=O)OC[C@H]1O[C@@H](OC=CC)[C@H](NC(=O)OCC(Cl)(Cl)Cl)[C@@H](OCC[C@@H](CCCCCCCCCCC)OCCCCCC/C=C\CCCCCC)[C@@H]1O. The fraction of sp³-hybridized carbons (Fsp3) is 0.818. The minimum Gasteiger partial charge on any atom is -0.471 e. The van der Waals surface area contributed by atoms with Gasteiger partial charge in [0.25, 0.3) is 0 Å². The van der Waals surface area contributed by atoms with Gasteiger partial charge in [-0.1, -0.05) is 169 Å². The number of ether oxygens (including phenoxy) is 7. The van der Waals surface area contributed by atoms with Crippen molar-refractivity contribution in [1.82, 2.24) is 5.32 Å². The largest absolute Gasteiger partial charge is 0.508 e. The number of rotatable bonds is 35. The van der Waals surface area contributed by atoms with Crippen molar-refractivity contribution in [1.29, 1.82) is 0 Å². The molecule has 0 radical (unpaired) electrons. The molecule has 0 spiro atoms. The summed E-state index contributed by atoms with van der Waals surface area (Å²) in [7, 11) is 0. The summed E-state index contributed by atoms with van der Waals surface area (Å²) in [5.74, 6) is 0. The lowest BCUT2D eigenvalue weighted by atomic mass is 9.96. The zero-order valence-corrected chi connectivity index (χ0v) is 38.0. The van der Waals surface area contributed by atoms with E-state index in [-0.39, 0.29) is 25.9 Å². The van der Waals surface area contributed by atoms with E-state index in [0.717, 1.165) is 38.5 Å². The number of amides is 1. The fourth-order valence-corrected chi connectivity index (χ4v) is 6.71. The van der Waals surface area contributed by atoms with Gasteiger partial charge in [0.15, 0.2) is 0 Å². The van der Waals surface area contributed by atoms with Crippen molar-refractivity contribution in [2.45, 2.75) is 196 Å². The summed E-state index contributed by atoms with van der Waals surface area (Å²) < 4.78 is 37.9. The Morgan fingerprint density at radius 2 is 1.41 bits per heavy atom. The normalized spacial score (nSPS) is 20.3. The molecule has 0 aliphatic carbocycles. The van der Waals surface area contributed by atoms with E-state index < -0.39 is 53.3 Å². The summed E-state index contributed by atoms with van der Waals surface area (Å²) in [4.78, 5) is 25.0. The van der Waals surface area contributed by atoms with E-state index in [9.17, 15) is 14.7 Å². The highest BCUT2D eigenvalue weighted by molar-refractivity contribution is 6.67. The number of hydrogen-bond donors (Lipinski definition) is 2. The van der Waals surface area contributed by atoms with Crippen molar-refractivity contribution >= 4 is 47.1 Å². The minimum absolute atomic E-state index is 0.0484. The molecule has 338 valence electrons. The molecule has 1 saturated heterocycles. The fourth-order valence-electron chi connectivity index (χ4n) is 6.54. The summed E-state index contributed by atoms with van der Waals surface area (Å²) in [6, 6.07) is -1.08. The topological polar surface area (TPSA) is 131 Å². The molecular formula is C44H76Cl3NO10.